The summed E-state index contributed by atoms with van der Waals surface area (Å²) >= 11 is 0. The van der Waals surface area contributed by atoms with Crippen molar-refractivity contribution in [1.82, 2.24) is 0 Å². The van der Waals surface area contributed by atoms with E-state index in [1.54, 1.807) is 24.3 Å². The zero-order valence-corrected chi connectivity index (χ0v) is 21.6. The van der Waals surface area contributed by atoms with E-state index in [2.05, 4.69) is 5.18 Å². The van der Waals surface area contributed by atoms with Crippen LogP contribution in [0.25, 0.3) is 0 Å². The average Bonchev–Trinajstić information content (AvgIpc) is 2.83. The first-order valence-electron chi connectivity index (χ1n) is 11.7. The topological polar surface area (TPSA) is 145 Å². The van der Waals surface area contributed by atoms with E-state index in [1.807, 2.05) is 27.7 Å². The Morgan fingerprint density at radius 1 is 0.703 bits per heavy atom. The van der Waals surface area contributed by atoms with Crippen LogP contribution in [0, 0.1) is 4.91 Å². The Morgan fingerprint density at radius 3 is 1.70 bits per heavy atom. The number of nitrogens with zero attached hydrogens (tertiary/aromatic N) is 1. The standard InChI is InChI=1S/C26H34N2O9/c1-25(2,13-15-32-23(29)36-21-9-5-19(27)6-10-21)34-16-14-26(3,4)35-18-17-33-24(30)37-22-11-7-20(28-31)8-12-22/h5-12H,13-18,27H2,1-4H3. The summed E-state index contributed by atoms with van der Waals surface area (Å²) in [7, 11) is 0. The van der Waals surface area contributed by atoms with Crippen LogP contribution < -0.4 is 15.2 Å². The molecule has 11 nitrogen and oxygen atoms in total. The quantitative estimate of drug-likeness (QED) is 0.108. The number of carbonyl (C=O) groups excluding carboxylic acids is 2. The Hall–Kier alpha value is -3.70. The second-order valence-corrected chi connectivity index (χ2v) is 9.27. The van der Waals surface area contributed by atoms with E-state index in [1.165, 1.54) is 24.3 Å². The molecule has 0 saturated heterocycles. The second kappa shape index (κ2) is 14.1. The third-order valence-electron chi connectivity index (χ3n) is 5.14. The normalized spacial score (nSPS) is 11.5. The van der Waals surface area contributed by atoms with Crippen molar-refractivity contribution >= 4 is 23.7 Å². The van der Waals surface area contributed by atoms with Crippen molar-refractivity contribution in [3.05, 3.63) is 53.4 Å². The molecule has 0 heterocycles. The van der Waals surface area contributed by atoms with Crippen molar-refractivity contribution in [3.8, 4) is 11.5 Å². The maximum atomic E-state index is 11.8. The molecule has 0 aliphatic heterocycles. The molecule has 0 saturated carbocycles. The van der Waals surface area contributed by atoms with Crippen LogP contribution in [0.3, 0.4) is 0 Å². The first-order valence-corrected chi connectivity index (χ1v) is 11.7. The van der Waals surface area contributed by atoms with Crippen LogP contribution in [-0.2, 0) is 18.9 Å². The summed E-state index contributed by atoms with van der Waals surface area (Å²) in [4.78, 5) is 34.0. The number of nitrogen functional groups attached to an aromatic ring is 1. The number of nitrogens with two attached hydrogens (primary N) is 1. The fraction of sp³-hybridized carbons (Fsp3) is 0.462. The minimum atomic E-state index is -0.877. The fourth-order valence-corrected chi connectivity index (χ4v) is 2.90. The summed E-state index contributed by atoms with van der Waals surface area (Å²) in [6, 6.07) is 12.2. The molecule has 2 N–H and O–H groups in total. The summed E-state index contributed by atoms with van der Waals surface area (Å²) < 4.78 is 32.0. The van der Waals surface area contributed by atoms with Gasteiger partial charge in [-0.2, -0.15) is 0 Å². The van der Waals surface area contributed by atoms with Crippen molar-refractivity contribution < 1.29 is 38.0 Å². The number of hydrogen-bond acceptors (Lipinski definition) is 11. The lowest BCUT2D eigenvalue weighted by Gasteiger charge is -2.29. The van der Waals surface area contributed by atoms with Crippen LogP contribution in [0.2, 0.25) is 0 Å². The molecule has 0 aliphatic carbocycles. The van der Waals surface area contributed by atoms with E-state index in [4.69, 9.17) is 34.2 Å². The van der Waals surface area contributed by atoms with Gasteiger partial charge in [0, 0.05) is 12.1 Å². The van der Waals surface area contributed by atoms with Crippen LogP contribution >= 0.6 is 0 Å². The zero-order valence-electron chi connectivity index (χ0n) is 21.6. The summed E-state index contributed by atoms with van der Waals surface area (Å²) in [6.07, 6.45) is -0.625. The second-order valence-electron chi connectivity index (χ2n) is 9.27. The lowest BCUT2D eigenvalue weighted by molar-refractivity contribution is -0.0849. The molecule has 0 fully saturated rings. The van der Waals surface area contributed by atoms with Gasteiger partial charge in [-0.1, -0.05) is 0 Å². The van der Waals surface area contributed by atoms with Crippen LogP contribution in [0.5, 0.6) is 11.5 Å². The van der Waals surface area contributed by atoms with Gasteiger partial charge in [0.2, 0.25) is 0 Å². The molecule has 0 aliphatic rings. The number of benzene rings is 2. The van der Waals surface area contributed by atoms with Gasteiger partial charge in [-0.25, -0.2) is 9.59 Å². The maximum absolute atomic E-state index is 11.8. The van der Waals surface area contributed by atoms with Crippen molar-refractivity contribution in [2.45, 2.75) is 51.7 Å². The Balaban J connectivity index is 1.58. The molecule has 2 rings (SSSR count). The summed E-state index contributed by atoms with van der Waals surface area (Å²) in [5, 5.41) is 2.77. The molecule has 2 aromatic carbocycles. The molecule has 2 aromatic rings. The predicted octanol–water partition coefficient (Wildman–Crippen LogP) is 5.77. The van der Waals surface area contributed by atoms with E-state index in [0.717, 1.165) is 0 Å². The lowest BCUT2D eigenvalue weighted by Crippen LogP contribution is -2.32. The Labute approximate surface area is 216 Å². The van der Waals surface area contributed by atoms with Gasteiger partial charge in [-0.15, -0.1) is 4.91 Å². The number of rotatable bonds is 14. The van der Waals surface area contributed by atoms with Gasteiger partial charge in [0.15, 0.2) is 0 Å². The Kier molecular flexibility index (Phi) is 11.3. The van der Waals surface area contributed by atoms with Crippen LogP contribution in [0.15, 0.2) is 53.7 Å². The predicted molar refractivity (Wildman–Crippen MR) is 136 cm³/mol. The van der Waals surface area contributed by atoms with Gasteiger partial charge in [0.25, 0.3) is 0 Å². The molecule has 0 spiro atoms. The molecule has 0 unspecified atom stereocenters. The lowest BCUT2D eigenvalue weighted by atomic mass is 10.0. The zero-order chi connectivity index (χ0) is 27.3. The number of anilines is 1. The van der Waals surface area contributed by atoms with Crippen LogP contribution in [0.4, 0.5) is 21.0 Å². The summed E-state index contributed by atoms with van der Waals surface area (Å²) in [5.41, 5.74) is 5.33. The van der Waals surface area contributed by atoms with Crippen molar-refractivity contribution in [1.29, 1.82) is 0 Å². The first-order chi connectivity index (χ1) is 17.5. The monoisotopic (exact) mass is 518 g/mol. The van der Waals surface area contributed by atoms with Crippen molar-refractivity contribution in [3.63, 3.8) is 0 Å². The molecule has 0 amide bonds. The van der Waals surface area contributed by atoms with Crippen molar-refractivity contribution in [2.75, 3.05) is 32.2 Å². The van der Waals surface area contributed by atoms with Gasteiger partial charge in [0.05, 0.1) is 31.0 Å². The van der Waals surface area contributed by atoms with Gasteiger partial charge < -0.3 is 34.2 Å². The SMILES string of the molecule is CC(C)(CCOC(=O)Oc1ccc(N)cc1)OCCC(C)(C)OCCOC(=O)Oc1ccc(N=O)cc1. The van der Waals surface area contributed by atoms with E-state index in [9.17, 15) is 14.5 Å². The molecule has 0 radical (unpaired) electrons. The highest BCUT2D eigenvalue weighted by Crippen LogP contribution is 2.21. The minimum absolute atomic E-state index is 0.00634. The van der Waals surface area contributed by atoms with Crippen LogP contribution in [-0.4, -0.2) is 49.9 Å². The molecule has 0 bridgehead atoms. The highest BCUT2D eigenvalue weighted by molar-refractivity contribution is 5.64. The molecule has 0 aromatic heterocycles. The van der Waals surface area contributed by atoms with Gasteiger partial charge in [-0.05, 0) is 87.8 Å². The number of nitroso groups, excluding NO2 is 1. The van der Waals surface area contributed by atoms with Gasteiger partial charge >= 0.3 is 12.3 Å². The third kappa shape index (κ3) is 12.2. The number of ether oxygens (including phenoxy) is 6. The highest BCUT2D eigenvalue weighted by atomic mass is 16.7. The Bertz CT molecular complexity index is 1010. The number of hydrogen-bond donors (Lipinski definition) is 1. The minimum Gasteiger partial charge on any atom is -0.434 e. The molecular formula is C26H34N2O9. The molecular weight excluding hydrogens is 484 g/mol. The van der Waals surface area contributed by atoms with Gasteiger partial charge in [-0.3, -0.25) is 0 Å². The average molecular weight is 519 g/mol. The summed E-state index contributed by atoms with van der Waals surface area (Å²) in [5.74, 6) is 0.588. The fourth-order valence-electron chi connectivity index (χ4n) is 2.90. The largest absolute Gasteiger partial charge is 0.513 e. The van der Waals surface area contributed by atoms with E-state index in [-0.39, 0.29) is 31.3 Å². The summed E-state index contributed by atoms with van der Waals surface area (Å²) in [6.45, 7) is 8.32. The van der Waals surface area contributed by atoms with Crippen LogP contribution in [0.1, 0.15) is 40.5 Å². The van der Waals surface area contributed by atoms with E-state index >= 15 is 0 Å². The van der Waals surface area contributed by atoms with E-state index < -0.39 is 23.5 Å². The molecule has 0 atom stereocenters. The molecule has 11 heteroatoms. The van der Waals surface area contributed by atoms with Crippen molar-refractivity contribution in [2.24, 2.45) is 5.18 Å². The van der Waals surface area contributed by atoms with E-state index in [0.29, 0.717) is 30.9 Å². The third-order valence-corrected chi connectivity index (χ3v) is 5.14. The highest BCUT2D eigenvalue weighted by Gasteiger charge is 2.23. The van der Waals surface area contributed by atoms with Gasteiger partial charge in [0.1, 0.15) is 23.8 Å². The molecule has 37 heavy (non-hydrogen) atoms. The Morgan fingerprint density at radius 2 is 1.16 bits per heavy atom. The smallest absolute Gasteiger partial charge is 0.434 e. The first kappa shape index (κ1) is 29.5. The number of carbonyl (C=O) groups is 2. The molecule has 202 valence electrons. The maximum Gasteiger partial charge on any atom is 0.513 e.